The molecule has 1 aliphatic carbocycles. The van der Waals surface area contributed by atoms with Crippen molar-refractivity contribution in [1.29, 1.82) is 0 Å². The maximum atomic E-state index is 13.9. The van der Waals surface area contributed by atoms with E-state index < -0.39 is 15.7 Å². The van der Waals surface area contributed by atoms with Crippen molar-refractivity contribution in [3.05, 3.63) is 54.1 Å². The lowest BCUT2D eigenvalue weighted by Crippen LogP contribution is -2.18. The highest BCUT2D eigenvalue weighted by Gasteiger charge is 2.23. The Labute approximate surface area is 118 Å². The first-order valence-electron chi connectivity index (χ1n) is 6.34. The van der Waals surface area contributed by atoms with E-state index in [4.69, 9.17) is 0 Å². The van der Waals surface area contributed by atoms with Crippen molar-refractivity contribution in [2.75, 3.05) is 0 Å². The fraction of sp³-hybridized carbons (Fsp3) is 0.267. The molecule has 1 aromatic rings. The maximum absolute atomic E-state index is 13.9. The first kappa shape index (κ1) is 14.7. The minimum absolute atomic E-state index is 0.130. The number of halogens is 1. The highest BCUT2D eigenvalue weighted by molar-refractivity contribution is 7.90. The van der Waals surface area contributed by atoms with Crippen molar-refractivity contribution in [1.82, 2.24) is 0 Å². The van der Waals surface area contributed by atoms with Crippen LogP contribution in [0, 0.1) is 6.92 Å². The molecule has 0 bridgehead atoms. The first-order chi connectivity index (χ1) is 9.35. The highest BCUT2D eigenvalue weighted by atomic mass is 32.2. The first-order valence-corrected chi connectivity index (χ1v) is 7.78. The average molecular weight is 293 g/mol. The third-order valence-corrected chi connectivity index (χ3v) is 4.47. The van der Waals surface area contributed by atoms with E-state index in [1.54, 1.807) is 19.1 Å². The Kier molecular flexibility index (Phi) is 3.90. The number of nitrogens with zero attached hydrogens (tertiary/aromatic N) is 1. The van der Waals surface area contributed by atoms with E-state index in [1.165, 1.54) is 36.4 Å². The summed E-state index contributed by atoms with van der Waals surface area (Å²) in [4.78, 5) is 0.130. The Bertz CT molecular complexity index is 669. The van der Waals surface area contributed by atoms with Crippen molar-refractivity contribution in [3.8, 4) is 0 Å². The SMILES string of the molecule is CCC1(F)C=CC(=NS(=O)(=O)c2ccc(C)cc2)C=C1. The summed E-state index contributed by atoms with van der Waals surface area (Å²) < 4.78 is 41.8. The zero-order chi connectivity index (χ0) is 14.8. The van der Waals surface area contributed by atoms with Gasteiger partial charge in [0.1, 0.15) is 5.67 Å². The van der Waals surface area contributed by atoms with Crippen LogP contribution in [-0.4, -0.2) is 19.8 Å². The van der Waals surface area contributed by atoms with Crippen LogP contribution in [-0.2, 0) is 10.0 Å². The zero-order valence-corrected chi connectivity index (χ0v) is 12.2. The molecule has 0 amide bonds. The number of rotatable bonds is 3. The van der Waals surface area contributed by atoms with Crippen molar-refractivity contribution in [2.45, 2.75) is 30.8 Å². The summed E-state index contributed by atoms with van der Waals surface area (Å²) in [6.07, 6.45) is 5.76. The summed E-state index contributed by atoms with van der Waals surface area (Å²) in [7, 11) is -3.76. The third-order valence-electron chi connectivity index (χ3n) is 3.15. The Hall–Kier alpha value is -1.75. The van der Waals surface area contributed by atoms with Crippen LogP contribution >= 0.6 is 0 Å². The van der Waals surface area contributed by atoms with Crippen LogP contribution in [0.5, 0.6) is 0 Å². The fourth-order valence-corrected chi connectivity index (χ4v) is 2.74. The quantitative estimate of drug-likeness (QED) is 0.857. The summed E-state index contributed by atoms with van der Waals surface area (Å²) in [5.74, 6) is 0. The molecule has 0 aliphatic heterocycles. The van der Waals surface area contributed by atoms with Gasteiger partial charge in [0.25, 0.3) is 10.0 Å². The number of sulfonamides is 1. The Balaban J connectivity index is 2.30. The molecule has 0 saturated heterocycles. The van der Waals surface area contributed by atoms with Crippen molar-refractivity contribution in [3.63, 3.8) is 0 Å². The van der Waals surface area contributed by atoms with Crippen molar-refractivity contribution >= 4 is 15.7 Å². The summed E-state index contributed by atoms with van der Waals surface area (Å²) in [6, 6.07) is 6.44. The van der Waals surface area contributed by atoms with Crippen molar-refractivity contribution in [2.24, 2.45) is 4.40 Å². The molecule has 0 unspecified atom stereocenters. The lowest BCUT2D eigenvalue weighted by molar-refractivity contribution is 0.289. The molecule has 5 heteroatoms. The second-order valence-electron chi connectivity index (χ2n) is 4.75. The molecule has 20 heavy (non-hydrogen) atoms. The standard InChI is InChI=1S/C15H16FNO2S/c1-3-15(16)10-8-13(9-11-15)17-20(18,19)14-6-4-12(2)5-7-14/h4-11H,3H2,1-2H3. The van der Waals surface area contributed by atoms with Gasteiger partial charge in [-0.2, -0.15) is 12.8 Å². The number of hydrogen-bond acceptors (Lipinski definition) is 2. The summed E-state index contributed by atoms with van der Waals surface area (Å²) in [5.41, 5.74) is -0.307. The third kappa shape index (κ3) is 3.22. The zero-order valence-electron chi connectivity index (χ0n) is 11.4. The molecule has 1 aliphatic rings. The minimum Gasteiger partial charge on any atom is -0.235 e. The number of alkyl halides is 1. The van der Waals surface area contributed by atoms with E-state index in [9.17, 15) is 12.8 Å². The van der Waals surface area contributed by atoms with E-state index in [2.05, 4.69) is 4.40 Å². The molecule has 1 aromatic carbocycles. The van der Waals surface area contributed by atoms with Gasteiger partial charge in [-0.3, -0.25) is 0 Å². The Morgan fingerprint density at radius 1 is 1.15 bits per heavy atom. The monoisotopic (exact) mass is 293 g/mol. The van der Waals surface area contributed by atoms with Gasteiger partial charge < -0.3 is 0 Å². The number of aryl methyl sites for hydroxylation is 1. The minimum atomic E-state index is -3.76. The van der Waals surface area contributed by atoms with Crippen LogP contribution in [0.4, 0.5) is 4.39 Å². The van der Waals surface area contributed by atoms with Gasteiger partial charge in [-0.15, -0.1) is 0 Å². The largest absolute Gasteiger partial charge is 0.282 e. The number of hydrogen-bond donors (Lipinski definition) is 0. The number of benzene rings is 1. The van der Waals surface area contributed by atoms with E-state index in [1.807, 2.05) is 6.92 Å². The van der Waals surface area contributed by atoms with Gasteiger partial charge in [0.15, 0.2) is 0 Å². The van der Waals surface area contributed by atoms with Crippen LogP contribution in [0.3, 0.4) is 0 Å². The van der Waals surface area contributed by atoms with E-state index >= 15 is 0 Å². The second kappa shape index (κ2) is 5.32. The predicted molar refractivity (Wildman–Crippen MR) is 78.2 cm³/mol. The summed E-state index contributed by atoms with van der Waals surface area (Å²) in [6.45, 7) is 3.60. The number of allylic oxidation sites excluding steroid dienone is 4. The molecule has 0 atom stereocenters. The van der Waals surface area contributed by atoms with Gasteiger partial charge in [-0.05, 0) is 49.8 Å². The lowest BCUT2D eigenvalue weighted by Gasteiger charge is -2.17. The van der Waals surface area contributed by atoms with Crippen LogP contribution in [0.25, 0.3) is 0 Å². The molecule has 0 aromatic heterocycles. The van der Waals surface area contributed by atoms with Gasteiger partial charge in [0, 0.05) is 0 Å². The molecular formula is C15H16FNO2S. The smallest absolute Gasteiger partial charge is 0.235 e. The van der Waals surface area contributed by atoms with E-state index in [-0.39, 0.29) is 10.6 Å². The molecule has 0 spiro atoms. The van der Waals surface area contributed by atoms with Gasteiger partial charge in [-0.1, -0.05) is 24.6 Å². The van der Waals surface area contributed by atoms with Crippen LogP contribution in [0.2, 0.25) is 0 Å². The topological polar surface area (TPSA) is 46.5 Å². The molecule has 106 valence electrons. The fourth-order valence-electron chi connectivity index (χ4n) is 1.76. The predicted octanol–water partition coefficient (Wildman–Crippen LogP) is 3.37. The molecule has 0 N–H and O–H groups in total. The van der Waals surface area contributed by atoms with Gasteiger partial charge in [0.05, 0.1) is 10.6 Å². The van der Waals surface area contributed by atoms with Gasteiger partial charge >= 0.3 is 0 Å². The second-order valence-corrected chi connectivity index (χ2v) is 6.36. The normalized spacial score (nSPS) is 22.1. The Morgan fingerprint density at radius 3 is 2.20 bits per heavy atom. The van der Waals surface area contributed by atoms with E-state index in [0.29, 0.717) is 6.42 Å². The molecule has 0 radical (unpaired) electrons. The maximum Gasteiger partial charge on any atom is 0.282 e. The molecule has 0 heterocycles. The highest BCUT2D eigenvalue weighted by Crippen LogP contribution is 2.23. The van der Waals surface area contributed by atoms with Crippen LogP contribution in [0.15, 0.2) is 57.9 Å². The Morgan fingerprint density at radius 2 is 1.70 bits per heavy atom. The van der Waals surface area contributed by atoms with E-state index in [0.717, 1.165) is 5.56 Å². The molecule has 0 saturated carbocycles. The van der Waals surface area contributed by atoms with Gasteiger partial charge in [-0.25, -0.2) is 4.39 Å². The average Bonchev–Trinajstić information content (AvgIpc) is 2.42. The lowest BCUT2D eigenvalue weighted by atomic mass is 9.97. The molecule has 3 nitrogen and oxygen atoms in total. The molecule has 2 rings (SSSR count). The van der Waals surface area contributed by atoms with Crippen molar-refractivity contribution < 1.29 is 12.8 Å². The summed E-state index contributed by atoms with van der Waals surface area (Å²) in [5, 5.41) is 0. The van der Waals surface area contributed by atoms with Crippen LogP contribution < -0.4 is 0 Å². The summed E-state index contributed by atoms with van der Waals surface area (Å²) >= 11 is 0. The van der Waals surface area contributed by atoms with Gasteiger partial charge in [0.2, 0.25) is 0 Å². The van der Waals surface area contributed by atoms with Crippen LogP contribution in [0.1, 0.15) is 18.9 Å². The molecular weight excluding hydrogens is 277 g/mol. The molecule has 0 fully saturated rings.